The molecule has 0 unspecified atom stereocenters. The lowest BCUT2D eigenvalue weighted by molar-refractivity contribution is 0.875. The minimum atomic E-state index is 0.525. The van der Waals surface area contributed by atoms with Crippen LogP contribution < -0.4 is 0 Å². The van der Waals surface area contributed by atoms with E-state index in [0.717, 1.165) is 21.3 Å². The van der Waals surface area contributed by atoms with Crippen LogP contribution in [0, 0.1) is 6.92 Å². The number of aromatic nitrogens is 2. The molecule has 0 aliphatic heterocycles. The fourth-order valence-corrected chi connectivity index (χ4v) is 2.14. The van der Waals surface area contributed by atoms with Gasteiger partial charge in [0.15, 0.2) is 0 Å². The minimum Gasteiger partial charge on any atom is -0.240 e. The fraction of sp³-hybridized carbons (Fsp3) is 0.182. The van der Waals surface area contributed by atoms with Crippen LogP contribution in [0.15, 0.2) is 35.1 Å². The number of halogens is 2. The Morgan fingerprint density at radius 3 is 2.80 bits per heavy atom. The van der Waals surface area contributed by atoms with Gasteiger partial charge in [-0.2, -0.15) is 5.10 Å². The molecule has 15 heavy (non-hydrogen) atoms. The van der Waals surface area contributed by atoms with Crippen LogP contribution in [-0.4, -0.2) is 9.78 Å². The maximum Gasteiger partial charge on any atom is 0.0787 e. The van der Waals surface area contributed by atoms with Crippen molar-refractivity contribution in [3.05, 3.63) is 46.2 Å². The van der Waals surface area contributed by atoms with E-state index in [1.807, 2.05) is 42.2 Å². The van der Waals surface area contributed by atoms with Crippen molar-refractivity contribution >= 4 is 27.5 Å². The molecule has 1 heterocycles. The van der Waals surface area contributed by atoms with Gasteiger partial charge >= 0.3 is 0 Å². The van der Waals surface area contributed by atoms with Gasteiger partial charge in [-0.25, -0.2) is 4.68 Å². The number of benzene rings is 1. The lowest BCUT2D eigenvalue weighted by Gasteiger charge is -2.05. The number of hydrogen-bond acceptors (Lipinski definition) is 1. The van der Waals surface area contributed by atoms with Crippen LogP contribution >= 0.6 is 27.5 Å². The smallest absolute Gasteiger partial charge is 0.0787 e. The fourth-order valence-electron chi connectivity index (χ4n) is 1.36. The number of alkyl halides is 1. The van der Waals surface area contributed by atoms with Crippen LogP contribution in [0.1, 0.15) is 11.1 Å². The Morgan fingerprint density at radius 2 is 2.27 bits per heavy atom. The molecule has 1 aromatic carbocycles. The lowest BCUT2D eigenvalue weighted by atomic mass is 10.2. The predicted octanol–water partition coefficient (Wildman–Crippen LogP) is 3.68. The van der Waals surface area contributed by atoms with Crippen molar-refractivity contribution in [1.82, 2.24) is 9.78 Å². The third-order valence-electron chi connectivity index (χ3n) is 2.12. The van der Waals surface area contributed by atoms with Crippen molar-refractivity contribution in [2.75, 3.05) is 0 Å². The zero-order chi connectivity index (χ0) is 10.8. The minimum absolute atomic E-state index is 0.525. The zero-order valence-electron chi connectivity index (χ0n) is 8.24. The second-order valence-corrected chi connectivity index (χ2v) is 4.50. The van der Waals surface area contributed by atoms with E-state index >= 15 is 0 Å². The molecule has 2 nitrogen and oxygen atoms in total. The molecule has 0 atom stereocenters. The number of nitrogens with zero attached hydrogens (tertiary/aromatic N) is 2. The molecular formula is C11H10BrClN2. The second-order valence-electron chi connectivity index (χ2n) is 3.38. The summed E-state index contributed by atoms with van der Waals surface area (Å²) in [4.78, 5) is 0. The van der Waals surface area contributed by atoms with Gasteiger partial charge in [-0.1, -0.05) is 6.07 Å². The molecule has 2 rings (SSSR count). The summed E-state index contributed by atoms with van der Waals surface area (Å²) in [5, 5.41) is 4.26. The highest BCUT2D eigenvalue weighted by Gasteiger charge is 2.04. The molecule has 0 saturated carbocycles. The summed E-state index contributed by atoms with van der Waals surface area (Å²) in [7, 11) is 0. The average Bonchev–Trinajstić information content (AvgIpc) is 2.64. The molecule has 0 aliphatic rings. The first kappa shape index (κ1) is 10.7. The topological polar surface area (TPSA) is 17.8 Å². The summed E-state index contributed by atoms with van der Waals surface area (Å²) in [5.74, 6) is 0.525. The van der Waals surface area contributed by atoms with E-state index in [1.54, 1.807) is 0 Å². The van der Waals surface area contributed by atoms with Gasteiger partial charge < -0.3 is 0 Å². The molecule has 0 aliphatic carbocycles. The van der Waals surface area contributed by atoms with Crippen molar-refractivity contribution in [3.63, 3.8) is 0 Å². The Bertz CT molecular complexity index is 479. The highest BCUT2D eigenvalue weighted by atomic mass is 79.9. The van der Waals surface area contributed by atoms with E-state index < -0.39 is 0 Å². The van der Waals surface area contributed by atoms with Crippen LogP contribution in [0.2, 0.25) is 0 Å². The zero-order valence-corrected chi connectivity index (χ0v) is 10.6. The Labute approximate surface area is 102 Å². The van der Waals surface area contributed by atoms with E-state index in [-0.39, 0.29) is 0 Å². The largest absolute Gasteiger partial charge is 0.240 e. The average molecular weight is 286 g/mol. The van der Waals surface area contributed by atoms with Crippen LogP contribution in [-0.2, 0) is 5.88 Å². The van der Waals surface area contributed by atoms with E-state index in [1.165, 1.54) is 0 Å². The van der Waals surface area contributed by atoms with Crippen molar-refractivity contribution < 1.29 is 0 Å². The third kappa shape index (κ3) is 2.24. The van der Waals surface area contributed by atoms with E-state index in [4.69, 9.17) is 11.6 Å². The predicted molar refractivity (Wildman–Crippen MR) is 65.6 cm³/mol. The Morgan fingerprint density at radius 1 is 1.47 bits per heavy atom. The molecule has 2 aromatic rings. The summed E-state index contributed by atoms with van der Waals surface area (Å²) >= 11 is 9.27. The molecule has 0 bridgehead atoms. The first-order valence-electron chi connectivity index (χ1n) is 4.57. The maximum atomic E-state index is 5.76. The lowest BCUT2D eigenvalue weighted by Crippen LogP contribution is -1.95. The van der Waals surface area contributed by atoms with Gasteiger partial charge in [0.05, 0.1) is 11.9 Å². The van der Waals surface area contributed by atoms with Crippen molar-refractivity contribution in [3.8, 4) is 5.69 Å². The van der Waals surface area contributed by atoms with Crippen LogP contribution in [0.4, 0.5) is 0 Å². The molecule has 1 aromatic heterocycles. The summed E-state index contributed by atoms with van der Waals surface area (Å²) in [6, 6.07) is 6.03. The Kier molecular flexibility index (Phi) is 3.12. The standard InChI is InChI=1S/C11H10BrClN2/c1-8-6-14-15(7-8)11-3-2-9(5-13)4-10(11)12/h2-4,6-7H,5H2,1H3. The molecule has 0 fully saturated rings. The van der Waals surface area contributed by atoms with E-state index in [2.05, 4.69) is 21.0 Å². The van der Waals surface area contributed by atoms with Gasteiger partial charge in [-0.05, 0) is 46.1 Å². The van der Waals surface area contributed by atoms with Gasteiger partial charge in [-0.3, -0.25) is 0 Å². The first-order chi connectivity index (χ1) is 7.20. The maximum absolute atomic E-state index is 5.76. The summed E-state index contributed by atoms with van der Waals surface area (Å²) in [6.45, 7) is 2.02. The Hall–Kier alpha value is -0.800. The summed E-state index contributed by atoms with van der Waals surface area (Å²) in [6.07, 6.45) is 3.82. The normalized spacial score (nSPS) is 10.6. The van der Waals surface area contributed by atoms with Gasteiger partial charge in [0, 0.05) is 16.5 Å². The first-order valence-corrected chi connectivity index (χ1v) is 5.89. The number of hydrogen-bond donors (Lipinski definition) is 0. The second kappa shape index (κ2) is 4.37. The molecule has 78 valence electrons. The van der Waals surface area contributed by atoms with Crippen LogP contribution in [0.3, 0.4) is 0 Å². The highest BCUT2D eigenvalue weighted by molar-refractivity contribution is 9.10. The summed E-state index contributed by atoms with van der Waals surface area (Å²) < 4.78 is 2.85. The molecule has 0 N–H and O–H groups in total. The summed E-state index contributed by atoms with van der Waals surface area (Å²) in [5.41, 5.74) is 3.26. The molecule has 4 heteroatoms. The molecular weight excluding hydrogens is 275 g/mol. The SMILES string of the molecule is Cc1cnn(-c2ccc(CCl)cc2Br)c1. The third-order valence-corrected chi connectivity index (χ3v) is 3.07. The van der Waals surface area contributed by atoms with Crippen molar-refractivity contribution in [2.45, 2.75) is 12.8 Å². The molecule has 0 radical (unpaired) electrons. The van der Waals surface area contributed by atoms with E-state index in [0.29, 0.717) is 5.88 Å². The molecule has 0 spiro atoms. The highest BCUT2D eigenvalue weighted by Crippen LogP contribution is 2.23. The van der Waals surface area contributed by atoms with Gasteiger partial charge in [0.25, 0.3) is 0 Å². The monoisotopic (exact) mass is 284 g/mol. The van der Waals surface area contributed by atoms with Gasteiger partial charge in [0.2, 0.25) is 0 Å². The van der Waals surface area contributed by atoms with Crippen molar-refractivity contribution in [2.24, 2.45) is 0 Å². The quantitative estimate of drug-likeness (QED) is 0.770. The van der Waals surface area contributed by atoms with Crippen LogP contribution in [0.25, 0.3) is 5.69 Å². The molecule has 0 amide bonds. The van der Waals surface area contributed by atoms with Crippen LogP contribution in [0.5, 0.6) is 0 Å². The van der Waals surface area contributed by atoms with Gasteiger partial charge in [0.1, 0.15) is 0 Å². The Balaban J connectivity index is 2.45. The van der Waals surface area contributed by atoms with E-state index in [9.17, 15) is 0 Å². The number of rotatable bonds is 2. The molecule has 0 saturated heterocycles. The van der Waals surface area contributed by atoms with Crippen molar-refractivity contribution in [1.29, 1.82) is 0 Å². The van der Waals surface area contributed by atoms with Gasteiger partial charge in [-0.15, -0.1) is 11.6 Å². The number of aryl methyl sites for hydroxylation is 1.